The van der Waals surface area contributed by atoms with Gasteiger partial charge in [0.05, 0.1) is 11.1 Å². The van der Waals surface area contributed by atoms with Crippen LogP contribution in [-0.4, -0.2) is 12.6 Å². The van der Waals surface area contributed by atoms with E-state index in [4.69, 9.17) is 4.99 Å². The van der Waals surface area contributed by atoms with Crippen LogP contribution in [0.15, 0.2) is 168 Å². The lowest BCUT2D eigenvalue weighted by atomic mass is 9.65. The Morgan fingerprint density at radius 2 is 1.05 bits per heavy atom. The number of hydrogen-bond donors (Lipinski definition) is 0. The molecule has 41 heavy (non-hydrogen) atoms. The molecular weight excluding hydrogens is 496 g/mol. The maximum absolute atomic E-state index is 5.38. The second-order valence-corrected chi connectivity index (χ2v) is 10.2. The summed E-state index contributed by atoms with van der Waals surface area (Å²) in [6.07, 6.45) is 0. The summed E-state index contributed by atoms with van der Waals surface area (Å²) in [5.41, 5.74) is 8.23. The fraction of sp³-hybridized carbons (Fsp3) is 0.0256. The van der Waals surface area contributed by atoms with Crippen LogP contribution in [0.3, 0.4) is 0 Å². The fourth-order valence-electron chi connectivity index (χ4n) is 6.38. The van der Waals surface area contributed by atoms with Gasteiger partial charge in [-0.15, -0.1) is 0 Å². The molecule has 0 amide bonds. The van der Waals surface area contributed by atoms with Crippen LogP contribution in [0.25, 0.3) is 22.0 Å². The van der Waals surface area contributed by atoms with Crippen molar-refractivity contribution in [2.75, 3.05) is 0 Å². The highest BCUT2D eigenvalue weighted by molar-refractivity contribution is 6.14. The van der Waals surface area contributed by atoms with Gasteiger partial charge in [0.2, 0.25) is 0 Å². The van der Waals surface area contributed by atoms with Crippen LogP contribution in [0.1, 0.15) is 33.4 Å². The number of allylic oxidation sites excluding steroid dienone is 1. The molecular formula is C39H28N2. The Balaban J connectivity index is 1.70. The SMILES string of the molecule is C=N/C(=N\C1=C(c2cccc3ccccc23)C(c2ccccc2)(c2ccccc2)c2ccccc21)c1ccccc1. The molecule has 0 unspecified atom stereocenters. The molecule has 6 aromatic carbocycles. The largest absolute Gasteiger partial charge is 0.245 e. The summed E-state index contributed by atoms with van der Waals surface area (Å²) in [6.45, 7) is 3.93. The zero-order chi connectivity index (χ0) is 27.6. The van der Waals surface area contributed by atoms with Crippen LogP contribution in [0.5, 0.6) is 0 Å². The van der Waals surface area contributed by atoms with Crippen molar-refractivity contribution in [1.82, 2.24) is 0 Å². The van der Waals surface area contributed by atoms with Crippen LogP contribution < -0.4 is 0 Å². The number of benzene rings is 6. The average molecular weight is 525 g/mol. The van der Waals surface area contributed by atoms with E-state index in [1.54, 1.807) is 0 Å². The van der Waals surface area contributed by atoms with Crippen LogP contribution >= 0.6 is 0 Å². The van der Waals surface area contributed by atoms with Crippen LogP contribution in [0.2, 0.25) is 0 Å². The molecule has 2 nitrogen and oxygen atoms in total. The van der Waals surface area contributed by atoms with Crippen molar-refractivity contribution in [3.8, 4) is 0 Å². The third-order valence-electron chi connectivity index (χ3n) is 8.07. The van der Waals surface area contributed by atoms with Crippen molar-refractivity contribution >= 4 is 34.6 Å². The summed E-state index contributed by atoms with van der Waals surface area (Å²) in [6, 6.07) is 55.6. The summed E-state index contributed by atoms with van der Waals surface area (Å²) in [4.78, 5) is 9.83. The molecule has 0 saturated carbocycles. The minimum absolute atomic E-state index is 0.602. The molecule has 0 aliphatic heterocycles. The molecule has 6 aromatic rings. The molecule has 0 aromatic heterocycles. The average Bonchev–Trinajstić information content (AvgIpc) is 3.35. The standard InChI is InChI=1S/C39H28N2/c1-40-38(29-17-5-2-6-18-29)41-37-34-25-13-14-27-35(34)39(30-20-7-3-8-21-30,31-22-9-4-10-23-31)36(37)33-26-15-19-28-16-11-12-24-32(28)33/h2-27H,1H2/b41-38-. The minimum atomic E-state index is -0.606. The van der Waals surface area contributed by atoms with Crippen molar-refractivity contribution in [3.63, 3.8) is 0 Å². The minimum Gasteiger partial charge on any atom is -0.245 e. The molecule has 1 aliphatic rings. The molecule has 0 heterocycles. The van der Waals surface area contributed by atoms with Gasteiger partial charge in [-0.3, -0.25) is 0 Å². The van der Waals surface area contributed by atoms with E-state index in [9.17, 15) is 0 Å². The van der Waals surface area contributed by atoms with E-state index < -0.39 is 5.41 Å². The van der Waals surface area contributed by atoms with Crippen molar-refractivity contribution in [2.45, 2.75) is 5.41 Å². The zero-order valence-corrected chi connectivity index (χ0v) is 22.6. The normalized spacial score (nSPS) is 14.2. The molecule has 0 spiro atoms. The number of hydrogen-bond acceptors (Lipinski definition) is 1. The first kappa shape index (κ1) is 24.7. The molecule has 0 fully saturated rings. The first-order valence-corrected chi connectivity index (χ1v) is 13.9. The van der Waals surface area contributed by atoms with Crippen LogP contribution in [-0.2, 0) is 5.41 Å². The van der Waals surface area contributed by atoms with Gasteiger partial charge in [-0.05, 0) is 39.7 Å². The summed E-state index contributed by atoms with van der Waals surface area (Å²) >= 11 is 0. The zero-order valence-electron chi connectivity index (χ0n) is 22.6. The quantitative estimate of drug-likeness (QED) is 0.159. The molecule has 0 radical (unpaired) electrons. The van der Waals surface area contributed by atoms with Crippen LogP contribution in [0.4, 0.5) is 0 Å². The molecule has 2 heteroatoms. The van der Waals surface area contributed by atoms with E-state index >= 15 is 0 Å². The van der Waals surface area contributed by atoms with Gasteiger partial charge in [-0.25, -0.2) is 9.98 Å². The first-order valence-electron chi connectivity index (χ1n) is 13.9. The predicted octanol–water partition coefficient (Wildman–Crippen LogP) is 9.20. The Morgan fingerprint density at radius 1 is 0.512 bits per heavy atom. The monoisotopic (exact) mass is 524 g/mol. The van der Waals surface area contributed by atoms with Crippen molar-refractivity contribution in [2.24, 2.45) is 9.98 Å². The second kappa shape index (κ2) is 10.3. The van der Waals surface area contributed by atoms with Crippen molar-refractivity contribution in [1.29, 1.82) is 0 Å². The smallest absolute Gasteiger partial charge is 0.159 e. The van der Waals surface area contributed by atoms with Crippen LogP contribution in [0, 0.1) is 0 Å². The summed E-state index contributed by atoms with van der Waals surface area (Å²) in [5, 5.41) is 2.38. The van der Waals surface area contributed by atoms with Gasteiger partial charge in [-0.1, -0.05) is 158 Å². The predicted molar refractivity (Wildman–Crippen MR) is 172 cm³/mol. The van der Waals surface area contributed by atoms with Crippen molar-refractivity contribution in [3.05, 3.63) is 191 Å². The molecule has 0 bridgehead atoms. The van der Waals surface area contributed by atoms with Gasteiger partial charge < -0.3 is 0 Å². The maximum Gasteiger partial charge on any atom is 0.159 e. The van der Waals surface area contributed by atoms with Crippen molar-refractivity contribution < 1.29 is 0 Å². The number of nitrogens with zero attached hydrogens (tertiary/aromatic N) is 2. The number of amidine groups is 1. The van der Waals surface area contributed by atoms with E-state index in [-0.39, 0.29) is 0 Å². The summed E-state index contributed by atoms with van der Waals surface area (Å²) in [5.74, 6) is 0.602. The molecule has 7 rings (SSSR count). The second-order valence-electron chi connectivity index (χ2n) is 10.2. The maximum atomic E-state index is 5.38. The highest BCUT2D eigenvalue weighted by atomic mass is 14.9. The van der Waals surface area contributed by atoms with Gasteiger partial charge in [0.25, 0.3) is 0 Å². The Labute approximate surface area is 240 Å². The number of fused-ring (bicyclic) bond motifs is 2. The molecule has 0 saturated heterocycles. The Hall–Kier alpha value is -5.34. The Morgan fingerprint density at radius 3 is 1.73 bits per heavy atom. The van der Waals surface area contributed by atoms with E-state index in [0.29, 0.717) is 5.84 Å². The highest BCUT2D eigenvalue weighted by Crippen LogP contribution is 2.59. The Bertz CT molecular complexity index is 1890. The van der Waals surface area contributed by atoms with Gasteiger partial charge >= 0.3 is 0 Å². The lowest BCUT2D eigenvalue weighted by Gasteiger charge is -2.36. The topological polar surface area (TPSA) is 24.7 Å². The first-order chi connectivity index (χ1) is 20.3. The molecule has 0 atom stereocenters. The highest BCUT2D eigenvalue weighted by Gasteiger charge is 2.49. The van der Waals surface area contributed by atoms with Gasteiger partial charge in [0, 0.05) is 16.7 Å². The number of aliphatic imine (C=N–C) groups is 2. The van der Waals surface area contributed by atoms with E-state index in [1.165, 1.54) is 27.5 Å². The van der Waals surface area contributed by atoms with E-state index in [2.05, 4.69) is 139 Å². The van der Waals surface area contributed by atoms with Gasteiger partial charge in [-0.2, -0.15) is 0 Å². The Kier molecular flexibility index (Phi) is 6.22. The molecule has 1 aliphatic carbocycles. The lowest BCUT2D eigenvalue weighted by molar-refractivity contribution is 0.815. The lowest BCUT2D eigenvalue weighted by Crippen LogP contribution is -2.29. The summed E-state index contributed by atoms with van der Waals surface area (Å²) in [7, 11) is 0. The van der Waals surface area contributed by atoms with E-state index in [0.717, 1.165) is 28.0 Å². The summed E-state index contributed by atoms with van der Waals surface area (Å²) < 4.78 is 0. The third kappa shape index (κ3) is 3.96. The third-order valence-corrected chi connectivity index (χ3v) is 8.07. The van der Waals surface area contributed by atoms with Gasteiger partial charge in [0.1, 0.15) is 0 Å². The van der Waals surface area contributed by atoms with E-state index in [1.807, 2.05) is 30.3 Å². The fourth-order valence-corrected chi connectivity index (χ4v) is 6.38. The molecule has 194 valence electrons. The number of rotatable bonds is 5. The molecule has 0 N–H and O–H groups in total. The van der Waals surface area contributed by atoms with Gasteiger partial charge in [0.15, 0.2) is 5.84 Å².